The van der Waals surface area contributed by atoms with Crippen LogP contribution in [0, 0.1) is 35.5 Å². The fourth-order valence-corrected chi connectivity index (χ4v) is 7.56. The lowest BCUT2D eigenvalue weighted by Crippen LogP contribution is -2.45. The van der Waals surface area contributed by atoms with Gasteiger partial charge in [-0.25, -0.2) is 0 Å². The molecule has 67 heavy (non-hydrogen) atoms. The van der Waals surface area contributed by atoms with Crippen LogP contribution >= 0.6 is 0 Å². The van der Waals surface area contributed by atoms with Crippen molar-refractivity contribution in [1.82, 2.24) is 34.3 Å². The summed E-state index contributed by atoms with van der Waals surface area (Å²) in [4.78, 5) is 84.0. The van der Waals surface area contributed by atoms with Gasteiger partial charge in [-0.15, -0.1) is 0 Å². The molecule has 3 heterocycles. The number of imide groups is 1. The molecule has 0 radical (unpaired) electrons. The molecule has 0 aromatic rings. The number of hydrogen-bond acceptors (Lipinski definition) is 14. The smallest absolute Gasteiger partial charge is 0.233 e. The monoisotopic (exact) mass is 952 g/mol. The molecular formula is C52H105N9O6. The molecule has 3 aliphatic rings. The molecule has 0 saturated carbocycles. The van der Waals surface area contributed by atoms with Gasteiger partial charge in [0.2, 0.25) is 11.8 Å². The van der Waals surface area contributed by atoms with E-state index in [0.717, 1.165) is 84.5 Å². The Morgan fingerprint density at radius 3 is 1.42 bits per heavy atom. The molecule has 15 nitrogen and oxygen atoms in total. The van der Waals surface area contributed by atoms with Gasteiger partial charge >= 0.3 is 0 Å². The van der Waals surface area contributed by atoms with Crippen LogP contribution in [-0.2, 0) is 28.8 Å². The van der Waals surface area contributed by atoms with Crippen molar-refractivity contribution in [1.29, 1.82) is 0 Å². The van der Waals surface area contributed by atoms with Crippen molar-refractivity contribution in [3.05, 3.63) is 0 Å². The number of likely N-dealkylation sites (tertiary alicyclic amines) is 2. The van der Waals surface area contributed by atoms with Crippen molar-refractivity contribution in [2.45, 2.75) is 139 Å². The molecule has 394 valence electrons. The Balaban J connectivity index is 0. The van der Waals surface area contributed by atoms with E-state index in [1.54, 1.807) is 0 Å². The fourth-order valence-electron chi connectivity index (χ4n) is 7.56. The third-order valence-electron chi connectivity index (χ3n) is 12.5. The Morgan fingerprint density at radius 2 is 1.06 bits per heavy atom. The van der Waals surface area contributed by atoms with Crippen molar-refractivity contribution < 1.29 is 28.8 Å². The van der Waals surface area contributed by atoms with Gasteiger partial charge in [-0.3, -0.25) is 38.6 Å². The van der Waals surface area contributed by atoms with Crippen LogP contribution in [0.3, 0.4) is 0 Å². The molecule has 3 saturated heterocycles. The number of likely N-dealkylation sites (N-methyl/N-ethyl adjacent to an activating group) is 2. The first-order valence-electron chi connectivity index (χ1n) is 25.7. The summed E-state index contributed by atoms with van der Waals surface area (Å²) in [6.07, 6.45) is 8.77. The largest absolute Gasteiger partial charge is 0.328 e. The average molecular weight is 952 g/mol. The maximum atomic E-state index is 11.9. The molecule has 0 spiro atoms. The van der Waals surface area contributed by atoms with Crippen molar-refractivity contribution in [3.63, 3.8) is 0 Å². The maximum Gasteiger partial charge on any atom is 0.233 e. The quantitative estimate of drug-likeness (QED) is 0.133. The van der Waals surface area contributed by atoms with E-state index in [4.69, 9.17) is 11.5 Å². The lowest BCUT2D eigenvalue weighted by Gasteiger charge is -2.32. The average Bonchev–Trinajstić information content (AvgIpc) is 3.55. The minimum atomic E-state index is -0.468. The molecule has 3 atom stereocenters. The van der Waals surface area contributed by atoms with Gasteiger partial charge in [0.05, 0.1) is 12.1 Å². The van der Waals surface area contributed by atoms with Crippen molar-refractivity contribution >= 4 is 34.9 Å². The van der Waals surface area contributed by atoms with Crippen molar-refractivity contribution in [2.24, 2.45) is 47.0 Å². The summed E-state index contributed by atoms with van der Waals surface area (Å²) in [7, 11) is 14.2. The molecule has 0 aromatic heterocycles. The van der Waals surface area contributed by atoms with Crippen LogP contribution in [0.4, 0.5) is 0 Å². The molecule has 2 amide bonds. The lowest BCUT2D eigenvalue weighted by atomic mass is 9.94. The van der Waals surface area contributed by atoms with Gasteiger partial charge in [0.25, 0.3) is 0 Å². The van der Waals surface area contributed by atoms with E-state index in [2.05, 4.69) is 45.6 Å². The zero-order valence-corrected chi connectivity index (χ0v) is 46.2. The van der Waals surface area contributed by atoms with Gasteiger partial charge in [0, 0.05) is 101 Å². The normalized spacial score (nSPS) is 18.1. The minimum absolute atomic E-state index is 0.00227. The molecule has 3 aliphatic heterocycles. The molecule has 0 bridgehead atoms. The second-order valence-electron chi connectivity index (χ2n) is 21.3. The van der Waals surface area contributed by atoms with Crippen LogP contribution < -0.4 is 11.5 Å². The number of carbonyl (C=O) groups excluding carboxylic acids is 6. The summed E-state index contributed by atoms with van der Waals surface area (Å²) in [5.74, 6) is 1.95. The lowest BCUT2D eigenvalue weighted by molar-refractivity contribution is -0.140. The van der Waals surface area contributed by atoms with E-state index in [9.17, 15) is 28.8 Å². The highest BCUT2D eigenvalue weighted by molar-refractivity contribution is 6.03. The second kappa shape index (κ2) is 37.3. The Labute approximate surface area is 410 Å². The summed E-state index contributed by atoms with van der Waals surface area (Å²) in [6.45, 7) is 31.1. The number of hydrogen-bond donors (Lipinski definition) is 2. The fraction of sp³-hybridized carbons (Fsp3) is 0.885. The van der Waals surface area contributed by atoms with Gasteiger partial charge in [0.1, 0.15) is 11.6 Å². The zero-order chi connectivity index (χ0) is 52.0. The second-order valence-corrected chi connectivity index (χ2v) is 21.3. The third-order valence-corrected chi connectivity index (χ3v) is 12.5. The SMILES string of the molecule is CC(C)C(=O)C(CCCN(C)C)N(C)C.CC(C)C(=O)C(N)CN.CC(C)C(=O)CCN1CCCCC1.CC(C)C(=O)CCN1CCN(C)CC1.CC(C)C1CC(=O)N(CCCN(C)C)C1=O. The highest BCUT2D eigenvalue weighted by Crippen LogP contribution is 2.26. The number of piperidine rings is 1. The standard InChI is InChI=1S/C12H22N2O2.C12H26N2O.C11H22N2O.C11H21NO.C6H14N2O/c1-9(2)10-8-11(15)14(12(10)16)7-5-6-13(3)4;1-10(2)12(15)11(14(5)6)8-7-9-13(3)4;1-10(2)11(14)4-5-13-8-6-12(3)7-9-13;1-10(2)11(13)6-9-12-7-4-3-5-8-12;1-4(2)6(9)5(8)3-7/h9-10H,5-8H2,1-4H3;10-11H,7-9H2,1-6H3;10H,4-9H2,1-3H3;10H,3-9H2,1-2H3;4-5H,3,7-8H2,1-2H3. The summed E-state index contributed by atoms with van der Waals surface area (Å²) in [5.41, 5.74) is 10.5. The van der Waals surface area contributed by atoms with E-state index in [1.165, 1.54) is 37.3 Å². The van der Waals surface area contributed by atoms with E-state index < -0.39 is 6.04 Å². The van der Waals surface area contributed by atoms with Crippen LogP contribution in [-0.4, -0.2) is 209 Å². The Hall–Kier alpha value is -2.50. The van der Waals surface area contributed by atoms with Gasteiger partial charge in [0.15, 0.2) is 11.6 Å². The minimum Gasteiger partial charge on any atom is -0.328 e. The first-order valence-corrected chi connectivity index (χ1v) is 25.7. The van der Waals surface area contributed by atoms with Crippen LogP contribution in [0.1, 0.15) is 127 Å². The Morgan fingerprint density at radius 1 is 0.612 bits per heavy atom. The highest BCUT2D eigenvalue weighted by atomic mass is 16.2. The number of piperazine rings is 1. The molecule has 3 rings (SSSR count). The number of rotatable bonds is 23. The van der Waals surface area contributed by atoms with Crippen molar-refractivity contribution in [3.8, 4) is 0 Å². The molecule has 0 aliphatic carbocycles. The molecule has 3 fully saturated rings. The number of carbonyl (C=O) groups is 6. The predicted molar refractivity (Wildman–Crippen MR) is 278 cm³/mol. The Bertz CT molecular complexity index is 1370. The maximum absolute atomic E-state index is 11.9. The van der Waals surface area contributed by atoms with Crippen molar-refractivity contribution in [2.75, 3.05) is 128 Å². The molecule has 15 heteroatoms. The van der Waals surface area contributed by atoms with Gasteiger partial charge < -0.3 is 36.0 Å². The number of nitrogens with zero attached hydrogens (tertiary/aromatic N) is 7. The van der Waals surface area contributed by atoms with Gasteiger partial charge in [-0.1, -0.05) is 75.7 Å². The van der Waals surface area contributed by atoms with Gasteiger partial charge in [-0.05, 0) is 114 Å². The van der Waals surface area contributed by atoms with Crippen LogP contribution in [0.5, 0.6) is 0 Å². The van der Waals surface area contributed by atoms with E-state index in [-0.39, 0.29) is 65.7 Å². The summed E-state index contributed by atoms with van der Waals surface area (Å²) in [5, 5.41) is 0. The summed E-state index contributed by atoms with van der Waals surface area (Å²) < 4.78 is 0. The predicted octanol–water partition coefficient (Wildman–Crippen LogP) is 4.89. The number of amides is 2. The van der Waals surface area contributed by atoms with Crippen LogP contribution in [0.15, 0.2) is 0 Å². The molecular weight excluding hydrogens is 847 g/mol. The number of Topliss-reactive ketones (excluding diaryl/α,β-unsaturated/α-hetero) is 4. The third kappa shape index (κ3) is 31.4. The molecule has 0 aromatic carbocycles. The zero-order valence-electron chi connectivity index (χ0n) is 46.2. The van der Waals surface area contributed by atoms with E-state index in [0.29, 0.717) is 30.3 Å². The van der Waals surface area contributed by atoms with Crippen LogP contribution in [0.2, 0.25) is 0 Å². The number of nitrogens with two attached hydrogens (primary N) is 2. The topological polar surface area (TPSA) is 177 Å². The molecule has 4 N–H and O–H groups in total. The first-order chi connectivity index (χ1) is 31.2. The summed E-state index contributed by atoms with van der Waals surface area (Å²) >= 11 is 0. The highest BCUT2D eigenvalue weighted by Gasteiger charge is 2.39. The molecule has 3 unspecified atom stereocenters. The summed E-state index contributed by atoms with van der Waals surface area (Å²) in [6, 6.07) is -0.380. The van der Waals surface area contributed by atoms with E-state index >= 15 is 0 Å². The van der Waals surface area contributed by atoms with Crippen LogP contribution in [0.25, 0.3) is 0 Å². The van der Waals surface area contributed by atoms with Gasteiger partial charge in [-0.2, -0.15) is 0 Å². The first kappa shape index (κ1) is 66.6. The number of ketones is 4. The Kier molecular flexibility index (Phi) is 37.1. The van der Waals surface area contributed by atoms with E-state index in [1.807, 2.05) is 102 Å².